The van der Waals surface area contributed by atoms with Gasteiger partial charge in [0.15, 0.2) is 0 Å². The van der Waals surface area contributed by atoms with Crippen LogP contribution in [0.25, 0.3) is 0 Å². The second-order valence-corrected chi connectivity index (χ2v) is 14.5. The number of aromatic nitrogens is 1. The first-order valence-electron chi connectivity index (χ1n) is 17.2. The van der Waals surface area contributed by atoms with Gasteiger partial charge in [-0.1, -0.05) is 84.1 Å². The summed E-state index contributed by atoms with van der Waals surface area (Å²) in [6, 6.07) is 5.08. The third-order valence-electron chi connectivity index (χ3n) is 9.97. The van der Waals surface area contributed by atoms with Crippen molar-refractivity contribution in [2.45, 2.75) is 147 Å². The maximum atomic E-state index is 14.0. The van der Waals surface area contributed by atoms with Crippen LogP contribution in [0.15, 0.2) is 24.4 Å². The zero-order valence-corrected chi connectivity index (χ0v) is 26.6. The number of nitrogens with zero attached hydrogens (tertiary/aromatic N) is 2. The normalized spacial score (nSPS) is 22.0. The van der Waals surface area contributed by atoms with Crippen LogP contribution in [0.1, 0.15) is 122 Å². The Morgan fingerprint density at radius 3 is 2.28 bits per heavy atom. The molecular formula is C35H57N3O5. The highest BCUT2D eigenvalue weighted by Crippen LogP contribution is 2.37. The van der Waals surface area contributed by atoms with Gasteiger partial charge in [0.1, 0.15) is 6.10 Å². The minimum absolute atomic E-state index is 0.0615. The van der Waals surface area contributed by atoms with E-state index in [1.807, 2.05) is 32.0 Å². The number of hydrogen-bond acceptors (Lipinski definition) is 6. The van der Waals surface area contributed by atoms with E-state index < -0.39 is 29.8 Å². The van der Waals surface area contributed by atoms with Crippen LogP contribution in [0.5, 0.6) is 0 Å². The maximum absolute atomic E-state index is 14.0. The van der Waals surface area contributed by atoms with Crippen molar-refractivity contribution in [2.24, 2.45) is 23.7 Å². The highest BCUT2D eigenvalue weighted by atomic mass is 16.3. The number of amides is 2. The fraction of sp³-hybridized carbons (Fsp3) is 0.800. The van der Waals surface area contributed by atoms with E-state index in [0.717, 1.165) is 63.5 Å². The van der Waals surface area contributed by atoms with E-state index in [1.165, 1.54) is 6.42 Å². The number of aliphatic hydroxyl groups is 3. The predicted molar refractivity (Wildman–Crippen MR) is 168 cm³/mol. The maximum Gasteiger partial charge on any atom is 0.223 e. The van der Waals surface area contributed by atoms with Crippen molar-refractivity contribution >= 4 is 11.8 Å². The van der Waals surface area contributed by atoms with Gasteiger partial charge in [0.05, 0.1) is 30.0 Å². The van der Waals surface area contributed by atoms with Crippen molar-refractivity contribution in [1.82, 2.24) is 15.2 Å². The topological polar surface area (TPSA) is 123 Å². The summed E-state index contributed by atoms with van der Waals surface area (Å²) in [7, 11) is 0. The summed E-state index contributed by atoms with van der Waals surface area (Å²) in [5.41, 5.74) is -0.160. The van der Waals surface area contributed by atoms with Gasteiger partial charge in [-0.25, -0.2) is 0 Å². The van der Waals surface area contributed by atoms with Gasteiger partial charge in [0.2, 0.25) is 11.8 Å². The second-order valence-electron chi connectivity index (χ2n) is 14.5. The molecule has 4 rings (SSSR count). The molecule has 0 saturated heterocycles. The van der Waals surface area contributed by atoms with Crippen LogP contribution >= 0.6 is 0 Å². The summed E-state index contributed by atoms with van der Waals surface area (Å²) in [6.45, 7) is 4.57. The number of nitrogens with one attached hydrogen (secondary N) is 1. The third kappa shape index (κ3) is 11.1. The Labute approximate surface area is 259 Å². The highest BCUT2D eigenvalue weighted by molar-refractivity contribution is 5.86. The summed E-state index contributed by atoms with van der Waals surface area (Å²) in [6.07, 6.45) is 13.7. The quantitative estimate of drug-likeness (QED) is 0.209. The molecule has 3 saturated carbocycles. The zero-order chi connectivity index (χ0) is 30.8. The second kappa shape index (κ2) is 16.3. The van der Waals surface area contributed by atoms with Crippen molar-refractivity contribution in [2.75, 3.05) is 6.54 Å². The van der Waals surface area contributed by atoms with Gasteiger partial charge in [-0.2, -0.15) is 0 Å². The Morgan fingerprint density at radius 1 is 0.977 bits per heavy atom. The molecule has 1 heterocycles. The number of pyridine rings is 1. The fourth-order valence-electron chi connectivity index (χ4n) is 7.28. The number of carbonyl (C=O) groups is 2. The van der Waals surface area contributed by atoms with Crippen LogP contribution < -0.4 is 5.32 Å². The number of rotatable bonds is 16. The largest absolute Gasteiger partial charge is 0.390 e. The average molecular weight is 600 g/mol. The molecule has 4 N–H and O–H groups in total. The van der Waals surface area contributed by atoms with Crippen LogP contribution in [0.4, 0.5) is 0 Å². The molecule has 0 unspecified atom stereocenters. The molecule has 0 radical (unpaired) electrons. The molecule has 43 heavy (non-hydrogen) atoms. The first kappa shape index (κ1) is 33.9. The van der Waals surface area contributed by atoms with Gasteiger partial charge in [-0.05, 0) is 62.0 Å². The Hall–Kier alpha value is -2.03. The van der Waals surface area contributed by atoms with E-state index in [-0.39, 0.29) is 30.7 Å². The molecule has 1 aromatic heterocycles. The molecule has 242 valence electrons. The lowest BCUT2D eigenvalue weighted by molar-refractivity contribution is -0.141. The van der Waals surface area contributed by atoms with E-state index in [9.17, 15) is 24.9 Å². The highest BCUT2D eigenvalue weighted by Gasteiger charge is 2.38. The summed E-state index contributed by atoms with van der Waals surface area (Å²) in [5, 5.41) is 36.6. The Kier molecular flexibility index (Phi) is 12.9. The van der Waals surface area contributed by atoms with Crippen LogP contribution in [0.3, 0.4) is 0 Å². The molecule has 2 amide bonds. The van der Waals surface area contributed by atoms with Crippen molar-refractivity contribution in [3.05, 3.63) is 30.1 Å². The zero-order valence-electron chi connectivity index (χ0n) is 26.6. The van der Waals surface area contributed by atoms with Gasteiger partial charge in [0, 0.05) is 25.1 Å². The van der Waals surface area contributed by atoms with Crippen LogP contribution in [-0.4, -0.2) is 67.4 Å². The molecule has 8 nitrogen and oxygen atoms in total. The lowest BCUT2D eigenvalue weighted by atomic mass is 9.82. The number of carbonyl (C=O) groups excluding carboxylic acids is 2. The van der Waals surface area contributed by atoms with Crippen LogP contribution in [-0.2, 0) is 16.1 Å². The number of hydrogen-bond donors (Lipinski definition) is 4. The van der Waals surface area contributed by atoms with Gasteiger partial charge in [-0.3, -0.25) is 14.6 Å². The van der Waals surface area contributed by atoms with Crippen molar-refractivity contribution in [1.29, 1.82) is 0 Å². The molecule has 1 aromatic rings. The minimum Gasteiger partial charge on any atom is -0.390 e. The Bertz CT molecular complexity index is 988. The first-order valence-corrected chi connectivity index (χ1v) is 17.2. The summed E-state index contributed by atoms with van der Waals surface area (Å²) in [4.78, 5) is 34.0. The van der Waals surface area contributed by atoms with Crippen LogP contribution in [0, 0.1) is 23.7 Å². The number of aliphatic hydroxyl groups excluding tert-OH is 2. The first-order chi connectivity index (χ1) is 20.6. The molecule has 0 bridgehead atoms. The Morgan fingerprint density at radius 2 is 1.65 bits per heavy atom. The molecule has 3 fully saturated rings. The Balaban J connectivity index is 1.48. The van der Waals surface area contributed by atoms with Gasteiger partial charge < -0.3 is 25.5 Å². The van der Waals surface area contributed by atoms with Gasteiger partial charge in [-0.15, -0.1) is 0 Å². The molecular weight excluding hydrogens is 542 g/mol. The fourth-order valence-corrected chi connectivity index (χ4v) is 7.28. The lowest BCUT2D eigenvalue weighted by Gasteiger charge is -2.37. The molecule has 0 aliphatic heterocycles. The van der Waals surface area contributed by atoms with E-state index in [1.54, 1.807) is 11.1 Å². The predicted octanol–water partition coefficient (Wildman–Crippen LogP) is 5.13. The monoisotopic (exact) mass is 599 g/mol. The van der Waals surface area contributed by atoms with E-state index in [0.29, 0.717) is 50.5 Å². The van der Waals surface area contributed by atoms with Crippen molar-refractivity contribution < 1.29 is 24.9 Å². The van der Waals surface area contributed by atoms with Crippen molar-refractivity contribution in [3.8, 4) is 0 Å². The summed E-state index contributed by atoms with van der Waals surface area (Å²) in [5.74, 6) is 0.202. The summed E-state index contributed by atoms with van der Waals surface area (Å²) >= 11 is 0. The van der Waals surface area contributed by atoms with E-state index >= 15 is 0 Å². The van der Waals surface area contributed by atoms with Crippen LogP contribution in [0.2, 0.25) is 0 Å². The van der Waals surface area contributed by atoms with Gasteiger partial charge >= 0.3 is 0 Å². The molecule has 3 aliphatic rings. The summed E-state index contributed by atoms with van der Waals surface area (Å²) < 4.78 is 0. The minimum atomic E-state index is -1.05. The third-order valence-corrected chi connectivity index (χ3v) is 9.97. The average Bonchev–Trinajstić information content (AvgIpc) is 3.81. The smallest absolute Gasteiger partial charge is 0.223 e. The van der Waals surface area contributed by atoms with E-state index in [4.69, 9.17) is 0 Å². The van der Waals surface area contributed by atoms with E-state index in [2.05, 4.69) is 10.3 Å². The SMILES string of the molecule is CC(C)C[C@H](O)[C@H](O)[C@H](CC1CCCCC1)NC(=O)[C@@H](CC(=O)N(Cc1ccccn1)CC1(O)CCCCC1)CC1CC1. The molecule has 0 spiro atoms. The molecule has 3 aliphatic carbocycles. The molecule has 0 aromatic carbocycles. The van der Waals surface area contributed by atoms with Gasteiger partial charge in [0.25, 0.3) is 0 Å². The molecule has 4 atom stereocenters. The molecule has 8 heteroatoms. The lowest BCUT2D eigenvalue weighted by Crippen LogP contribution is -2.52. The standard InChI is InChI=1S/C35H57N3O5/c1-25(2)19-31(39)33(41)30(21-26-11-5-3-6-12-26)37-34(42)28(20-27-14-15-27)22-32(40)38(23-29-13-7-10-18-36-29)24-35(43)16-8-4-9-17-35/h7,10,13,18,25-28,30-31,33,39,41,43H,3-6,8-9,11-12,14-17,19-24H2,1-2H3,(H,37,42)/t28-,30+,31+,33-/m1/s1. The van der Waals surface area contributed by atoms with Crippen molar-refractivity contribution in [3.63, 3.8) is 0 Å².